The highest BCUT2D eigenvalue weighted by atomic mass is 35.5. The number of hydrogen-bond donors (Lipinski definition) is 10. The molecule has 0 saturated carbocycles. The summed E-state index contributed by atoms with van der Waals surface area (Å²) < 4.78 is 130. The van der Waals surface area contributed by atoms with Crippen LogP contribution in [0, 0.1) is 6.92 Å². The number of rotatable bonds is 49. The number of halogens is 2. The number of anilines is 2. The van der Waals surface area contributed by atoms with Crippen molar-refractivity contribution in [3.8, 4) is 23.0 Å². The minimum absolute atomic E-state index is 0.0223. The summed E-state index contributed by atoms with van der Waals surface area (Å²) in [5.41, 5.74) is 4.09. The van der Waals surface area contributed by atoms with Gasteiger partial charge in [0.05, 0.1) is 140 Å². The highest BCUT2D eigenvalue weighted by Crippen LogP contribution is 2.49. The van der Waals surface area contributed by atoms with Crippen molar-refractivity contribution >= 4 is 106 Å². The monoisotopic (exact) mass is 1850 g/mol. The standard InChI is InChI=1S/C86H103Cl2N7O30S2/c1-52-13-20-59(21-14-52)126(109,110)40-23-66(98)53-15-17-54(18-16-53)83(107)89-24-27-113-31-34-117-36-37-118-38-39-119-51-58-48-93(92-91-58)26-29-115-32-35-116-33-30-114-28-25-90-84(108)55-19-22-67(120-85-81(105)79(103)77(101)71(49-96)122-85)70(41-55)125-127(111,112)124-69-43-65-76(63-10-5-3-8-61(63)69)57(45-88)47-95(65)74(100)12-6-11-73(99)94-46-56(44-87)75-62-9-4-2-7-60(62)68(42-64(75)94)121-86-82(106)80(104)78(102)72(50-97)123-86/h2-5,7-10,13-22,41-43,48,56-57,71-72,77-82,85-86,96-97,101-106H,6,11-12,23-40,44-47,49-51H2,1H3,(H,89,107)(H,90,108)/t56-,57-,71-,72-,77+,78+,79+,80+,81-,82-,85-,86-/m1/s1. The number of aromatic nitrogens is 3. The summed E-state index contributed by atoms with van der Waals surface area (Å²) in [5, 5.41) is 99.4. The lowest BCUT2D eigenvalue weighted by molar-refractivity contribution is -0.277. The van der Waals surface area contributed by atoms with E-state index in [-0.39, 0.29) is 172 Å². The van der Waals surface area contributed by atoms with Crippen molar-refractivity contribution in [3.63, 3.8) is 0 Å². The Bertz CT molecular complexity index is 5270. The Morgan fingerprint density at radius 1 is 0.488 bits per heavy atom. The average Bonchev–Trinajstić information content (AvgIpc) is 1.61. The predicted molar refractivity (Wildman–Crippen MR) is 457 cm³/mol. The minimum Gasteiger partial charge on any atom is -0.461 e. The molecule has 12 atom stereocenters. The Hall–Kier alpha value is -9.25. The van der Waals surface area contributed by atoms with Gasteiger partial charge in [0.2, 0.25) is 24.4 Å². The van der Waals surface area contributed by atoms with Crippen molar-refractivity contribution < 1.29 is 142 Å². The van der Waals surface area contributed by atoms with Crippen molar-refractivity contribution in [2.24, 2.45) is 0 Å². The van der Waals surface area contributed by atoms with Gasteiger partial charge in [-0.05, 0) is 77.7 Å². The van der Waals surface area contributed by atoms with E-state index in [0.29, 0.717) is 97.0 Å². The number of Topliss-reactive ketones (excluding diaryl/α,β-unsaturated/α-hetero) is 1. The molecule has 0 bridgehead atoms. The summed E-state index contributed by atoms with van der Waals surface area (Å²) in [7, 11) is -8.93. The first-order valence-electron chi connectivity index (χ1n) is 41.3. The second kappa shape index (κ2) is 46.3. The van der Waals surface area contributed by atoms with Crippen LogP contribution in [0.3, 0.4) is 0 Å². The third-order valence-corrected chi connectivity index (χ3v) is 24.7. The molecule has 4 amide bonds. The summed E-state index contributed by atoms with van der Waals surface area (Å²) in [4.78, 5) is 71.1. The molecule has 0 radical (unpaired) electrons. The Morgan fingerprint density at radius 2 is 0.937 bits per heavy atom. The number of aliphatic hydroxyl groups excluding tert-OH is 8. The number of fused-ring (bicyclic) bond motifs is 6. The van der Waals surface area contributed by atoms with Gasteiger partial charge in [-0.1, -0.05) is 83.6 Å². The van der Waals surface area contributed by atoms with Crippen molar-refractivity contribution in [2.75, 3.05) is 153 Å². The fourth-order valence-electron chi connectivity index (χ4n) is 14.8. The summed E-state index contributed by atoms with van der Waals surface area (Å²) in [6.07, 6.45) is -15.5. The molecule has 41 heteroatoms. The van der Waals surface area contributed by atoms with Crippen molar-refractivity contribution in [2.45, 2.75) is 124 Å². The number of nitrogens with one attached hydrogen (secondary N) is 2. The van der Waals surface area contributed by atoms with E-state index in [1.165, 1.54) is 58.3 Å². The molecule has 8 aromatic rings. The molecule has 0 unspecified atom stereocenters. The fraction of sp³-hybridized carbons (Fsp3) is 0.477. The topological polar surface area (TPSA) is 497 Å². The second-order valence-electron chi connectivity index (χ2n) is 30.2. The lowest BCUT2D eigenvalue weighted by Crippen LogP contribution is -2.60. The number of aliphatic hydroxyl groups is 8. The van der Waals surface area contributed by atoms with Crippen LogP contribution in [0.2, 0.25) is 0 Å². The Kier molecular flexibility index (Phi) is 35.3. The Balaban J connectivity index is 0.545. The van der Waals surface area contributed by atoms with E-state index in [4.69, 9.17) is 83.7 Å². The van der Waals surface area contributed by atoms with Gasteiger partial charge in [0.15, 0.2) is 32.9 Å². The van der Waals surface area contributed by atoms with Crippen molar-refractivity contribution in [1.82, 2.24) is 25.6 Å². The molecular formula is C86H103Cl2N7O30S2. The molecule has 1 aromatic heterocycles. The molecule has 0 aliphatic carbocycles. The molecule has 10 N–H and O–H groups in total. The van der Waals surface area contributed by atoms with Gasteiger partial charge >= 0.3 is 10.4 Å². The van der Waals surface area contributed by atoms with Crippen LogP contribution in [0.4, 0.5) is 11.4 Å². The third kappa shape index (κ3) is 25.2. The maximum Gasteiger partial charge on any atom is 0.501 e. The lowest BCUT2D eigenvalue weighted by atomic mass is 9.95. The molecule has 127 heavy (non-hydrogen) atoms. The predicted octanol–water partition coefficient (Wildman–Crippen LogP) is 3.68. The highest BCUT2D eigenvalue weighted by Gasteiger charge is 2.47. The van der Waals surface area contributed by atoms with Crippen molar-refractivity contribution in [1.29, 1.82) is 0 Å². The first-order valence-corrected chi connectivity index (χ1v) is 45.3. The summed E-state index contributed by atoms with van der Waals surface area (Å²) in [5.74, 6) is -4.49. The molecule has 4 aliphatic rings. The van der Waals surface area contributed by atoms with E-state index in [0.717, 1.165) is 23.3 Å². The first kappa shape index (κ1) is 96.8. The van der Waals surface area contributed by atoms with Crippen molar-refractivity contribution in [3.05, 3.63) is 173 Å². The number of hydrogen-bond acceptors (Lipinski definition) is 32. The molecule has 0 spiro atoms. The summed E-state index contributed by atoms with van der Waals surface area (Å²) >= 11 is 13.2. The number of nitrogens with zero attached hydrogens (tertiary/aromatic N) is 5. The van der Waals surface area contributed by atoms with Crippen LogP contribution in [0.5, 0.6) is 23.0 Å². The van der Waals surface area contributed by atoms with Crippen LogP contribution in [-0.4, -0.2) is 306 Å². The van der Waals surface area contributed by atoms with E-state index in [2.05, 4.69) is 20.9 Å². The largest absolute Gasteiger partial charge is 0.501 e. The van der Waals surface area contributed by atoms with Crippen LogP contribution in [0.25, 0.3) is 21.5 Å². The van der Waals surface area contributed by atoms with E-state index in [1.807, 2.05) is 13.0 Å². The van der Waals surface area contributed by atoms with Gasteiger partial charge in [0, 0.05) is 109 Å². The Labute approximate surface area is 741 Å². The number of benzene rings is 7. The number of ketones is 1. The third-order valence-electron chi connectivity index (χ3n) is 21.5. The number of ether oxygens (including phenoxy) is 11. The molecule has 5 heterocycles. The smallest absolute Gasteiger partial charge is 0.461 e. The normalized spacial score (nSPS) is 21.1. The first-order chi connectivity index (χ1) is 61.3. The zero-order chi connectivity index (χ0) is 90.3. The zero-order valence-corrected chi connectivity index (χ0v) is 72.4. The quantitative estimate of drug-likeness (QED) is 0.0148. The van der Waals surface area contributed by atoms with E-state index in [9.17, 15) is 81.7 Å². The maximum atomic E-state index is 14.5. The van der Waals surface area contributed by atoms with Gasteiger partial charge in [-0.15, -0.1) is 36.7 Å². The van der Waals surface area contributed by atoms with Gasteiger partial charge in [0.1, 0.15) is 60.3 Å². The van der Waals surface area contributed by atoms with E-state index in [1.54, 1.807) is 71.5 Å². The number of carbonyl (C=O) groups is 5. The molecule has 4 aliphatic heterocycles. The molecule has 2 fully saturated rings. The molecule has 2 saturated heterocycles. The van der Waals surface area contributed by atoms with Gasteiger partial charge in [0.25, 0.3) is 11.8 Å². The minimum atomic E-state index is -5.32. The van der Waals surface area contributed by atoms with E-state index >= 15 is 0 Å². The second-order valence-corrected chi connectivity index (χ2v) is 34.1. The van der Waals surface area contributed by atoms with Crippen LogP contribution in [0.15, 0.2) is 138 Å². The molecule has 12 rings (SSSR count). The molecule has 7 aromatic carbocycles. The van der Waals surface area contributed by atoms with Crippen LogP contribution >= 0.6 is 23.2 Å². The number of aryl methyl sites for hydroxylation is 1. The lowest BCUT2D eigenvalue weighted by Gasteiger charge is -2.39. The SMILES string of the molecule is Cc1ccc(S(=O)(=O)CCC(=O)c2ccc(C(=O)NCCOCCOCCOCCOCc3cn(CCOCCOCCOCCNC(=O)c4ccc(O[C@@H]5O[C@H](CO)[C@H](O)[C@H](O)[C@H]5O)c(OS(=O)(=O)Oc5cc6c(c7ccccc57)[C@H](CCl)CN6C(=O)CCCC(=O)N5C[C@@H](CCl)c6c5cc(O[C@@H]5O[C@H](CO)[C@H](O)[C@H](O)[C@H]5O)c5ccccc65)c4)nn3)cc2)cc1. The van der Waals surface area contributed by atoms with Gasteiger partial charge < -0.3 is 122 Å². The fourth-order valence-corrected chi connectivity index (χ4v) is 17.3. The highest BCUT2D eigenvalue weighted by molar-refractivity contribution is 7.91. The Morgan fingerprint density at radius 3 is 1.46 bits per heavy atom. The van der Waals surface area contributed by atoms with Gasteiger partial charge in [-0.3, -0.25) is 24.0 Å². The number of amides is 4. The van der Waals surface area contributed by atoms with Gasteiger partial charge in [-0.25, -0.2) is 13.1 Å². The number of carbonyl (C=O) groups excluding carboxylic acids is 5. The molecule has 37 nitrogen and oxygen atoms in total. The van der Waals surface area contributed by atoms with E-state index < -0.39 is 124 Å². The molecule has 688 valence electrons. The number of sulfone groups is 1. The van der Waals surface area contributed by atoms with Gasteiger partial charge in [-0.2, -0.15) is 0 Å². The number of alkyl halides is 2. The van der Waals surface area contributed by atoms with Crippen LogP contribution in [-0.2, 0) is 85.6 Å². The summed E-state index contributed by atoms with van der Waals surface area (Å²) in [6, 6.07) is 32.5. The van der Waals surface area contributed by atoms with Crippen LogP contribution < -0.4 is 38.3 Å². The molecular weight excluding hydrogens is 1750 g/mol. The summed E-state index contributed by atoms with van der Waals surface area (Å²) in [6.45, 7) is 4.78. The maximum absolute atomic E-state index is 14.5. The van der Waals surface area contributed by atoms with Crippen LogP contribution in [0.1, 0.15) is 91.0 Å². The zero-order valence-electron chi connectivity index (χ0n) is 69.3. The average molecular weight is 1850 g/mol.